The van der Waals surface area contributed by atoms with E-state index in [0.29, 0.717) is 21.2 Å². The second-order valence-corrected chi connectivity index (χ2v) is 15.3. The predicted octanol–water partition coefficient (Wildman–Crippen LogP) is 7.81. The third kappa shape index (κ3) is 5.86. The summed E-state index contributed by atoms with van der Waals surface area (Å²) in [4.78, 5) is 56.2. The van der Waals surface area contributed by atoms with E-state index in [9.17, 15) is 32.3 Å². The van der Waals surface area contributed by atoms with Crippen LogP contribution < -0.4 is 15.1 Å². The first-order chi connectivity index (χ1) is 23.2. The van der Waals surface area contributed by atoms with Gasteiger partial charge in [-0.3, -0.25) is 23.7 Å². The molecule has 2 aliphatic rings. The molecule has 12 heteroatoms. The number of anilines is 2. The maximum absolute atomic E-state index is 14.2. The van der Waals surface area contributed by atoms with E-state index in [0.717, 1.165) is 56.5 Å². The van der Waals surface area contributed by atoms with Gasteiger partial charge in [-0.25, -0.2) is 4.90 Å². The lowest BCUT2D eigenvalue weighted by atomic mass is 9.81. The Morgan fingerprint density at radius 1 is 0.837 bits per heavy atom. The van der Waals surface area contributed by atoms with Gasteiger partial charge in [0.2, 0.25) is 17.7 Å². The van der Waals surface area contributed by atoms with Crippen LogP contribution in [-0.2, 0) is 32.5 Å². The Hall–Kier alpha value is -4.68. The Bertz CT molecular complexity index is 2200. The summed E-state index contributed by atoms with van der Waals surface area (Å²) in [6.45, 7) is 5.85. The van der Waals surface area contributed by atoms with Crippen molar-refractivity contribution in [3.63, 3.8) is 0 Å². The number of fused-ring (bicyclic) bond motifs is 3. The van der Waals surface area contributed by atoms with Crippen molar-refractivity contribution < 1.29 is 27.6 Å². The number of carbonyl (C=O) groups excluding carboxylic acids is 3. The molecule has 3 atom stereocenters. The molecule has 7 rings (SSSR count). The molecule has 0 saturated carbocycles. The van der Waals surface area contributed by atoms with Crippen molar-refractivity contribution >= 4 is 63.0 Å². The Morgan fingerprint density at radius 3 is 2.24 bits per heavy atom. The zero-order chi connectivity index (χ0) is 34.8. The molecule has 4 aromatic carbocycles. The average molecular weight is 702 g/mol. The number of nitrogens with zero attached hydrogens (tertiary/aromatic N) is 2. The number of benzene rings is 4. The van der Waals surface area contributed by atoms with Crippen molar-refractivity contribution in [2.45, 2.75) is 55.1 Å². The van der Waals surface area contributed by atoms with Gasteiger partial charge >= 0.3 is 11.0 Å². The van der Waals surface area contributed by atoms with E-state index < -0.39 is 51.4 Å². The number of amides is 3. The topological polar surface area (TPSA) is 88.5 Å². The number of carbonyl (C=O) groups is 3. The van der Waals surface area contributed by atoms with Gasteiger partial charge in [0, 0.05) is 21.9 Å². The van der Waals surface area contributed by atoms with Crippen LogP contribution in [0, 0.1) is 5.92 Å². The Morgan fingerprint density at radius 2 is 1.53 bits per heavy atom. The van der Waals surface area contributed by atoms with Crippen LogP contribution in [-0.4, -0.2) is 27.5 Å². The average Bonchev–Trinajstić information content (AvgIpc) is 3.50. The highest BCUT2D eigenvalue weighted by Crippen LogP contribution is 2.54. The van der Waals surface area contributed by atoms with E-state index in [1.165, 1.54) is 16.7 Å². The number of hydrogen-bond acceptors (Lipinski definition) is 6. The molecule has 1 saturated heterocycles. The van der Waals surface area contributed by atoms with Gasteiger partial charge in [-0.05, 0) is 46.2 Å². The van der Waals surface area contributed by atoms with Gasteiger partial charge in [0.1, 0.15) is 11.8 Å². The van der Waals surface area contributed by atoms with Crippen LogP contribution in [0.2, 0.25) is 0 Å². The number of imide groups is 1. The van der Waals surface area contributed by atoms with E-state index in [1.54, 1.807) is 6.07 Å². The van der Waals surface area contributed by atoms with Crippen molar-refractivity contribution in [1.29, 1.82) is 0 Å². The Labute approximate surface area is 287 Å². The van der Waals surface area contributed by atoms with E-state index in [2.05, 4.69) is 26.1 Å². The van der Waals surface area contributed by atoms with Crippen LogP contribution in [0.15, 0.2) is 101 Å². The number of alkyl halides is 3. The molecule has 0 aliphatic carbocycles. The molecule has 1 fully saturated rings. The zero-order valence-corrected chi connectivity index (χ0v) is 28.2. The van der Waals surface area contributed by atoms with Gasteiger partial charge in [0.05, 0.1) is 22.2 Å². The molecule has 250 valence electrons. The highest BCUT2D eigenvalue weighted by atomic mass is 32.2. The van der Waals surface area contributed by atoms with Gasteiger partial charge in [0.15, 0.2) is 0 Å². The minimum atomic E-state index is -4.67. The number of hydrogen-bond donors (Lipinski definition) is 1. The van der Waals surface area contributed by atoms with Crippen molar-refractivity contribution in [2.75, 3.05) is 10.2 Å². The number of thioether (sulfide) groups is 1. The molecule has 0 bridgehead atoms. The minimum absolute atomic E-state index is 0.167. The lowest BCUT2D eigenvalue weighted by Crippen LogP contribution is -2.33. The van der Waals surface area contributed by atoms with Crippen molar-refractivity contribution in [3.05, 3.63) is 122 Å². The zero-order valence-electron chi connectivity index (χ0n) is 26.6. The second-order valence-electron chi connectivity index (χ2n) is 13.2. The van der Waals surface area contributed by atoms with Crippen LogP contribution in [0.4, 0.5) is 24.5 Å². The highest BCUT2D eigenvalue weighted by Gasteiger charge is 2.57. The van der Waals surface area contributed by atoms with Crippen LogP contribution in [0.3, 0.4) is 0 Å². The summed E-state index contributed by atoms with van der Waals surface area (Å²) >= 11 is 1.92. The molecule has 5 aromatic rings. The van der Waals surface area contributed by atoms with Gasteiger partial charge in [-0.1, -0.05) is 111 Å². The lowest BCUT2D eigenvalue weighted by Gasteiger charge is -2.31. The van der Waals surface area contributed by atoms with Crippen molar-refractivity contribution in [3.8, 4) is 0 Å². The summed E-state index contributed by atoms with van der Waals surface area (Å²) in [7, 11) is 0. The van der Waals surface area contributed by atoms with E-state index >= 15 is 0 Å². The van der Waals surface area contributed by atoms with E-state index in [-0.39, 0.29) is 17.6 Å². The molecule has 49 heavy (non-hydrogen) atoms. The van der Waals surface area contributed by atoms with Crippen molar-refractivity contribution in [1.82, 2.24) is 4.57 Å². The fourth-order valence-corrected chi connectivity index (χ4v) is 9.32. The maximum atomic E-state index is 14.2. The molecule has 0 spiro atoms. The third-order valence-corrected chi connectivity index (χ3v) is 11.6. The van der Waals surface area contributed by atoms with Gasteiger partial charge < -0.3 is 5.32 Å². The largest absolute Gasteiger partial charge is 0.416 e. The molecule has 0 radical (unpaired) electrons. The van der Waals surface area contributed by atoms with E-state index in [1.807, 2.05) is 60.7 Å². The molecular weight excluding hydrogens is 672 g/mol. The first-order valence-corrected chi connectivity index (χ1v) is 17.3. The summed E-state index contributed by atoms with van der Waals surface area (Å²) in [6.07, 6.45) is -4.67. The van der Waals surface area contributed by atoms with Gasteiger partial charge in [0.25, 0.3) is 0 Å². The monoisotopic (exact) mass is 701 g/mol. The Balaban J connectivity index is 1.29. The summed E-state index contributed by atoms with van der Waals surface area (Å²) < 4.78 is 42.2. The minimum Gasteiger partial charge on any atom is -0.324 e. The summed E-state index contributed by atoms with van der Waals surface area (Å²) in [5.41, 5.74) is 0.987. The molecule has 1 aromatic heterocycles. The molecule has 3 amide bonds. The first kappa shape index (κ1) is 32.8. The summed E-state index contributed by atoms with van der Waals surface area (Å²) in [5, 5.41) is 4.02. The number of rotatable bonds is 5. The Kier molecular flexibility index (Phi) is 8.06. The molecule has 3 unspecified atom stereocenters. The molecule has 1 N–H and O–H groups in total. The van der Waals surface area contributed by atoms with Crippen LogP contribution in [0.1, 0.15) is 48.3 Å². The fraction of sp³-hybridized carbons (Fsp3) is 0.243. The molecule has 7 nitrogen and oxygen atoms in total. The second kappa shape index (κ2) is 12.0. The van der Waals surface area contributed by atoms with Gasteiger partial charge in [-0.2, -0.15) is 13.2 Å². The normalized spacial score (nSPS) is 19.2. The molecule has 2 aliphatic heterocycles. The quantitative estimate of drug-likeness (QED) is 0.189. The smallest absolute Gasteiger partial charge is 0.324 e. The van der Waals surface area contributed by atoms with Gasteiger partial charge in [-0.15, -0.1) is 0 Å². The molecule has 3 heterocycles. The number of thiazole rings is 1. The lowest BCUT2D eigenvalue weighted by molar-refractivity contribution is -0.137. The summed E-state index contributed by atoms with van der Waals surface area (Å²) in [6, 6.07) is 24.9. The summed E-state index contributed by atoms with van der Waals surface area (Å²) in [5.74, 6) is -3.50. The SMILES string of the molecule is CC(C)(C)c1ccc(C2c3sc(=O)n(CC(=O)Nc4cccc5ccccc45)c3SC3C(=O)N(c4cccc(C(F)(F)F)c4)C(=O)C32)cc1. The van der Waals surface area contributed by atoms with Crippen LogP contribution in [0.25, 0.3) is 10.8 Å². The standard InChI is InChI=1S/C37H30F3N3O4S2/c1-36(2,3)22-16-14-21(15-17-22)28-29-30(33(46)43(32(29)45)24-11-7-10-23(18-24)37(38,39)40)48-34-31(28)49-35(47)42(34)19-27(44)41-26-13-6-9-20-8-4-5-12-25(20)26/h4-18,28-30H,19H2,1-3H3,(H,41,44). The number of nitrogens with one attached hydrogen (secondary N) is 1. The molecular formula is C37H30F3N3O4S2. The fourth-order valence-electron chi connectivity index (χ4n) is 6.55. The maximum Gasteiger partial charge on any atom is 0.416 e. The van der Waals surface area contributed by atoms with Crippen molar-refractivity contribution in [2.24, 2.45) is 5.92 Å². The number of aromatic nitrogens is 1. The highest BCUT2D eigenvalue weighted by molar-refractivity contribution is 8.00. The van der Waals surface area contributed by atoms with Crippen LogP contribution >= 0.6 is 23.1 Å². The van der Waals surface area contributed by atoms with Crippen LogP contribution in [0.5, 0.6) is 0 Å². The third-order valence-electron chi connectivity index (χ3n) is 8.98. The first-order valence-electron chi connectivity index (χ1n) is 15.6. The number of halogens is 3. The van der Waals surface area contributed by atoms with E-state index in [4.69, 9.17) is 0 Å². The predicted molar refractivity (Wildman–Crippen MR) is 185 cm³/mol.